The Morgan fingerprint density at radius 1 is 1.56 bits per heavy atom. The van der Waals surface area contributed by atoms with Crippen molar-refractivity contribution in [1.82, 2.24) is 10.2 Å². The number of morpholine rings is 1. The zero-order valence-electron chi connectivity index (χ0n) is 10.6. The van der Waals surface area contributed by atoms with Crippen molar-refractivity contribution in [3.8, 4) is 0 Å². The minimum atomic E-state index is -0.437. The molecule has 1 atom stereocenters. The summed E-state index contributed by atoms with van der Waals surface area (Å²) in [5.41, 5.74) is -0.437. The van der Waals surface area contributed by atoms with Crippen LogP contribution in [-0.4, -0.2) is 56.0 Å². The molecule has 1 fully saturated rings. The van der Waals surface area contributed by atoms with E-state index in [9.17, 15) is 4.79 Å². The fourth-order valence-corrected chi connectivity index (χ4v) is 1.56. The van der Waals surface area contributed by atoms with Gasteiger partial charge in [-0.3, -0.25) is 0 Å². The van der Waals surface area contributed by atoms with E-state index in [1.807, 2.05) is 27.8 Å². The number of likely N-dealkylation sites (N-methyl/N-ethyl adjacent to an activating group) is 1. The minimum absolute atomic E-state index is 0.0614. The summed E-state index contributed by atoms with van der Waals surface area (Å²) in [5, 5.41) is 3.04. The molecule has 1 aliphatic heterocycles. The number of amides is 1. The molecular weight excluding hydrogens is 208 g/mol. The molecule has 0 aromatic carbocycles. The normalized spacial score (nSPS) is 22.0. The first kappa shape index (κ1) is 13.3. The quantitative estimate of drug-likeness (QED) is 0.764. The van der Waals surface area contributed by atoms with Crippen molar-refractivity contribution in [2.75, 3.05) is 33.3 Å². The highest BCUT2D eigenvalue weighted by Crippen LogP contribution is 2.12. The lowest BCUT2D eigenvalue weighted by molar-refractivity contribution is -0.0405. The van der Waals surface area contributed by atoms with Gasteiger partial charge in [0.15, 0.2) is 0 Å². The van der Waals surface area contributed by atoms with Gasteiger partial charge in [-0.25, -0.2) is 4.79 Å². The first-order valence-electron chi connectivity index (χ1n) is 5.66. The number of ether oxygens (including phenoxy) is 2. The zero-order valence-corrected chi connectivity index (χ0v) is 10.6. The summed E-state index contributed by atoms with van der Waals surface area (Å²) in [7, 11) is 1.87. The fourth-order valence-electron chi connectivity index (χ4n) is 1.56. The van der Waals surface area contributed by atoms with Crippen LogP contribution in [0, 0.1) is 0 Å². The molecule has 94 valence electrons. The van der Waals surface area contributed by atoms with E-state index in [0.717, 1.165) is 6.54 Å². The molecule has 0 aromatic heterocycles. The standard InChI is InChI=1S/C11H22N2O3/c1-11(2,3)16-10(14)13-5-6-15-9(8-13)7-12-4/h9,12H,5-8H2,1-4H3/t9-/m0/s1. The lowest BCUT2D eigenvalue weighted by Crippen LogP contribution is -2.49. The van der Waals surface area contributed by atoms with Crippen LogP contribution in [-0.2, 0) is 9.47 Å². The predicted octanol–water partition coefficient (Wildman–Crippen LogP) is 0.842. The molecule has 1 N–H and O–H groups in total. The number of nitrogens with one attached hydrogen (secondary N) is 1. The molecule has 0 radical (unpaired) electrons. The Bertz CT molecular complexity index is 236. The van der Waals surface area contributed by atoms with Gasteiger partial charge >= 0.3 is 6.09 Å². The lowest BCUT2D eigenvalue weighted by atomic mass is 10.2. The van der Waals surface area contributed by atoms with Gasteiger partial charge in [-0.2, -0.15) is 0 Å². The summed E-state index contributed by atoms with van der Waals surface area (Å²) in [6.45, 7) is 8.14. The largest absolute Gasteiger partial charge is 0.444 e. The van der Waals surface area contributed by atoms with E-state index in [2.05, 4.69) is 5.32 Å². The van der Waals surface area contributed by atoms with Crippen molar-refractivity contribution >= 4 is 6.09 Å². The number of hydrogen-bond donors (Lipinski definition) is 1. The maximum Gasteiger partial charge on any atom is 0.410 e. The Kier molecular flexibility index (Phi) is 4.56. The monoisotopic (exact) mass is 230 g/mol. The van der Waals surface area contributed by atoms with Gasteiger partial charge in [-0.1, -0.05) is 0 Å². The first-order valence-corrected chi connectivity index (χ1v) is 5.66. The SMILES string of the molecule is CNC[C@H]1CN(C(=O)OC(C)(C)C)CCO1. The molecule has 1 heterocycles. The second-order valence-electron chi connectivity index (χ2n) is 4.98. The predicted molar refractivity (Wildman–Crippen MR) is 61.5 cm³/mol. The van der Waals surface area contributed by atoms with Crippen molar-refractivity contribution in [1.29, 1.82) is 0 Å². The third kappa shape index (κ3) is 4.37. The molecular formula is C11H22N2O3. The van der Waals surface area contributed by atoms with E-state index in [0.29, 0.717) is 19.7 Å². The average Bonchev–Trinajstić information content (AvgIpc) is 2.16. The molecule has 0 aromatic rings. The highest BCUT2D eigenvalue weighted by molar-refractivity contribution is 5.68. The third-order valence-electron chi connectivity index (χ3n) is 2.22. The summed E-state index contributed by atoms with van der Waals surface area (Å²) in [6.07, 6.45) is -0.192. The number of hydrogen-bond acceptors (Lipinski definition) is 4. The van der Waals surface area contributed by atoms with Crippen LogP contribution in [0.25, 0.3) is 0 Å². The number of nitrogens with zero attached hydrogens (tertiary/aromatic N) is 1. The molecule has 1 saturated heterocycles. The van der Waals surface area contributed by atoms with Crippen molar-refractivity contribution in [2.24, 2.45) is 0 Å². The second kappa shape index (κ2) is 5.50. The molecule has 0 bridgehead atoms. The molecule has 5 nitrogen and oxygen atoms in total. The van der Waals surface area contributed by atoms with Crippen molar-refractivity contribution < 1.29 is 14.3 Å². The van der Waals surface area contributed by atoms with Gasteiger partial charge in [0, 0.05) is 13.1 Å². The smallest absolute Gasteiger partial charge is 0.410 e. The molecule has 1 aliphatic rings. The Hall–Kier alpha value is -0.810. The van der Waals surface area contributed by atoms with E-state index in [4.69, 9.17) is 9.47 Å². The molecule has 0 aliphatic carbocycles. The molecule has 1 rings (SSSR count). The molecule has 1 amide bonds. The lowest BCUT2D eigenvalue weighted by Gasteiger charge is -2.34. The number of rotatable bonds is 2. The Morgan fingerprint density at radius 3 is 2.81 bits per heavy atom. The zero-order chi connectivity index (χ0) is 12.2. The summed E-state index contributed by atoms with van der Waals surface area (Å²) in [4.78, 5) is 13.5. The number of carbonyl (C=O) groups excluding carboxylic acids is 1. The van der Waals surface area contributed by atoms with Gasteiger partial charge in [0.2, 0.25) is 0 Å². The summed E-state index contributed by atoms with van der Waals surface area (Å²) in [6, 6.07) is 0. The average molecular weight is 230 g/mol. The fraction of sp³-hybridized carbons (Fsp3) is 0.909. The highest BCUT2D eigenvalue weighted by atomic mass is 16.6. The van der Waals surface area contributed by atoms with E-state index in [1.165, 1.54) is 0 Å². The maximum absolute atomic E-state index is 11.8. The van der Waals surface area contributed by atoms with Crippen LogP contribution >= 0.6 is 0 Å². The van der Waals surface area contributed by atoms with Crippen LogP contribution in [0.3, 0.4) is 0 Å². The van der Waals surface area contributed by atoms with Crippen LogP contribution in [0.4, 0.5) is 4.79 Å². The van der Waals surface area contributed by atoms with Gasteiger partial charge in [0.25, 0.3) is 0 Å². The van der Waals surface area contributed by atoms with Crippen LogP contribution in [0.15, 0.2) is 0 Å². The maximum atomic E-state index is 11.8. The van der Waals surface area contributed by atoms with Crippen molar-refractivity contribution in [3.63, 3.8) is 0 Å². The second-order valence-corrected chi connectivity index (χ2v) is 4.98. The van der Waals surface area contributed by atoms with Crippen LogP contribution in [0.2, 0.25) is 0 Å². The summed E-state index contributed by atoms with van der Waals surface area (Å²) in [5.74, 6) is 0. The molecule has 16 heavy (non-hydrogen) atoms. The highest BCUT2D eigenvalue weighted by Gasteiger charge is 2.27. The van der Waals surface area contributed by atoms with E-state index in [-0.39, 0.29) is 12.2 Å². The van der Waals surface area contributed by atoms with Gasteiger partial charge in [-0.05, 0) is 27.8 Å². The Labute approximate surface area is 97.1 Å². The van der Waals surface area contributed by atoms with Crippen molar-refractivity contribution in [3.05, 3.63) is 0 Å². The third-order valence-corrected chi connectivity index (χ3v) is 2.22. The number of carbonyl (C=O) groups is 1. The van der Waals surface area contributed by atoms with E-state index in [1.54, 1.807) is 4.90 Å². The molecule has 0 unspecified atom stereocenters. The molecule has 0 spiro atoms. The van der Waals surface area contributed by atoms with Gasteiger partial charge in [0.05, 0.1) is 19.3 Å². The van der Waals surface area contributed by atoms with Gasteiger partial charge in [-0.15, -0.1) is 0 Å². The Balaban J connectivity index is 2.44. The van der Waals surface area contributed by atoms with Gasteiger partial charge in [0.1, 0.15) is 5.60 Å². The molecule has 0 saturated carbocycles. The summed E-state index contributed by atoms with van der Waals surface area (Å²) >= 11 is 0. The Morgan fingerprint density at radius 2 is 2.25 bits per heavy atom. The van der Waals surface area contributed by atoms with E-state index >= 15 is 0 Å². The van der Waals surface area contributed by atoms with Crippen LogP contribution in [0.5, 0.6) is 0 Å². The minimum Gasteiger partial charge on any atom is -0.444 e. The first-order chi connectivity index (χ1) is 7.42. The summed E-state index contributed by atoms with van der Waals surface area (Å²) < 4.78 is 10.8. The van der Waals surface area contributed by atoms with Crippen molar-refractivity contribution in [2.45, 2.75) is 32.5 Å². The van der Waals surface area contributed by atoms with E-state index < -0.39 is 5.60 Å². The topological polar surface area (TPSA) is 50.8 Å². The van der Waals surface area contributed by atoms with Crippen LogP contribution in [0.1, 0.15) is 20.8 Å². The van der Waals surface area contributed by atoms with Crippen LogP contribution < -0.4 is 5.32 Å². The van der Waals surface area contributed by atoms with Gasteiger partial charge < -0.3 is 19.7 Å². The molecule has 5 heteroatoms.